The van der Waals surface area contributed by atoms with E-state index in [0.29, 0.717) is 35.5 Å². The number of amides is 3. The molecule has 1 aromatic rings. The fourth-order valence-electron chi connectivity index (χ4n) is 3.21. The number of ether oxygens (including phenoxy) is 1. The zero-order valence-electron chi connectivity index (χ0n) is 16.8. The Hall–Kier alpha value is -2.69. The molecule has 0 aromatic heterocycles. The summed E-state index contributed by atoms with van der Waals surface area (Å²) in [5.74, 6) is 0.778. The van der Waals surface area contributed by atoms with Crippen LogP contribution in [0.2, 0.25) is 5.02 Å². The number of hydrogen-bond acceptors (Lipinski definition) is 7. The summed E-state index contributed by atoms with van der Waals surface area (Å²) in [7, 11) is 2.96. The molecule has 2 atom stereocenters. The molecule has 2 unspecified atom stereocenters. The number of hydrogen-bond donors (Lipinski definition) is 3. The van der Waals surface area contributed by atoms with Gasteiger partial charge in [0.2, 0.25) is 11.9 Å². The number of halogens is 1. The Morgan fingerprint density at radius 3 is 2.63 bits per heavy atom. The van der Waals surface area contributed by atoms with Gasteiger partial charge in [0.05, 0.1) is 13.1 Å². The number of fused-ring (bicyclic) bond motifs is 1. The molecule has 3 rings (SSSR count). The lowest BCUT2D eigenvalue weighted by molar-refractivity contribution is -0.545. The standard InChI is InChI=1S/C19H24ClN5O5/c1-23-16-15(17(28)24(2)19(23)29)25(18(22-16)21-8-3-9-26)10-13(27)11-30-14-6-4-12(20)5-7-14/h4-7,13,15,26-27H,3,8-11H2,1-2H3/p+1. The Morgan fingerprint density at radius 2 is 1.97 bits per heavy atom. The molecule has 0 aliphatic carbocycles. The highest BCUT2D eigenvalue weighted by Crippen LogP contribution is 2.19. The van der Waals surface area contributed by atoms with Crippen molar-refractivity contribution in [1.82, 2.24) is 15.1 Å². The lowest BCUT2D eigenvalue weighted by atomic mass is 10.1. The van der Waals surface area contributed by atoms with E-state index in [9.17, 15) is 14.7 Å². The van der Waals surface area contributed by atoms with Gasteiger partial charge >= 0.3 is 12.0 Å². The maximum absolute atomic E-state index is 12.8. The lowest BCUT2D eigenvalue weighted by Gasteiger charge is -2.32. The molecule has 1 saturated heterocycles. The van der Waals surface area contributed by atoms with Crippen molar-refractivity contribution in [2.45, 2.75) is 18.6 Å². The molecule has 30 heavy (non-hydrogen) atoms. The number of guanidine groups is 1. The van der Waals surface area contributed by atoms with E-state index in [2.05, 4.69) is 10.3 Å². The maximum Gasteiger partial charge on any atom is 0.390 e. The van der Waals surface area contributed by atoms with Gasteiger partial charge in [-0.05, 0) is 24.3 Å². The molecule has 0 bridgehead atoms. The van der Waals surface area contributed by atoms with Gasteiger partial charge in [-0.1, -0.05) is 16.6 Å². The minimum Gasteiger partial charge on any atom is -0.491 e. The van der Waals surface area contributed by atoms with Crippen molar-refractivity contribution in [2.24, 2.45) is 4.99 Å². The predicted octanol–water partition coefficient (Wildman–Crippen LogP) is -0.275. The van der Waals surface area contributed by atoms with E-state index in [1.165, 1.54) is 11.9 Å². The topological polar surface area (TPSA) is 118 Å². The first-order chi connectivity index (χ1) is 14.3. The molecule has 10 nitrogen and oxygen atoms in total. The number of aliphatic hydroxyl groups is 2. The van der Waals surface area contributed by atoms with E-state index in [1.807, 2.05) is 0 Å². The van der Waals surface area contributed by atoms with Gasteiger partial charge in [-0.3, -0.25) is 19.9 Å². The second kappa shape index (κ2) is 9.41. The average Bonchev–Trinajstić information content (AvgIpc) is 3.08. The van der Waals surface area contributed by atoms with Gasteiger partial charge in [0.15, 0.2) is 0 Å². The van der Waals surface area contributed by atoms with Crippen molar-refractivity contribution in [1.29, 1.82) is 0 Å². The molecule has 3 amide bonds. The first-order valence-corrected chi connectivity index (χ1v) is 9.90. The van der Waals surface area contributed by atoms with Crippen LogP contribution < -0.4 is 10.1 Å². The van der Waals surface area contributed by atoms with Crippen molar-refractivity contribution < 1.29 is 29.1 Å². The van der Waals surface area contributed by atoms with Crippen LogP contribution in [0, 0.1) is 0 Å². The summed E-state index contributed by atoms with van der Waals surface area (Å²) in [6.45, 7) is 0.458. The fraction of sp³-hybridized carbons (Fsp3) is 0.474. The minimum absolute atomic E-state index is 0.00209. The monoisotopic (exact) mass is 438 g/mol. The number of nitrogens with one attached hydrogen (secondary N) is 1. The van der Waals surface area contributed by atoms with Crippen LogP contribution in [0.3, 0.4) is 0 Å². The smallest absolute Gasteiger partial charge is 0.390 e. The number of nitrogens with zero attached hydrogens (tertiary/aromatic N) is 4. The molecular formula is C19H25ClN5O5+. The van der Waals surface area contributed by atoms with E-state index in [-0.39, 0.29) is 19.8 Å². The Kier molecular flexibility index (Phi) is 6.91. The van der Waals surface area contributed by atoms with Gasteiger partial charge in [-0.25, -0.2) is 9.37 Å². The number of benzene rings is 1. The molecule has 0 saturated carbocycles. The predicted molar refractivity (Wildman–Crippen MR) is 110 cm³/mol. The number of likely N-dealkylation sites (N-methyl/N-ethyl adjacent to an activating group) is 2. The number of urea groups is 1. The largest absolute Gasteiger partial charge is 0.491 e. The van der Waals surface area contributed by atoms with Crippen LogP contribution in [0.5, 0.6) is 5.75 Å². The molecule has 3 N–H and O–H groups in total. The number of β-amino-alcohol motifs (C(OH)–C–C–N with tert-alkyl or cyclic N) is 1. The number of imide groups is 1. The van der Waals surface area contributed by atoms with E-state index in [1.54, 1.807) is 35.9 Å². The SMILES string of the molecule is CN1C(=O)C2C(=NC(NCCCO)=[N+]2CC(O)COc2ccc(Cl)cc2)N(C)C1=O. The summed E-state index contributed by atoms with van der Waals surface area (Å²) in [6, 6.07) is 5.45. The molecular weight excluding hydrogens is 414 g/mol. The molecule has 1 aromatic carbocycles. The van der Waals surface area contributed by atoms with E-state index in [0.717, 1.165) is 4.90 Å². The maximum atomic E-state index is 12.8. The van der Waals surface area contributed by atoms with Crippen LogP contribution in [0.4, 0.5) is 4.79 Å². The normalized spacial score (nSPS) is 19.8. The highest BCUT2D eigenvalue weighted by Gasteiger charge is 2.51. The molecule has 0 spiro atoms. The number of carbonyl (C=O) groups is 2. The average molecular weight is 439 g/mol. The van der Waals surface area contributed by atoms with Gasteiger partial charge < -0.3 is 14.9 Å². The summed E-state index contributed by atoms with van der Waals surface area (Å²) in [5.41, 5.74) is 0. The van der Waals surface area contributed by atoms with Crippen LogP contribution in [-0.2, 0) is 4.79 Å². The molecule has 2 aliphatic rings. The number of aliphatic imine (C=N–C) groups is 1. The van der Waals surface area contributed by atoms with Crippen LogP contribution in [0.25, 0.3) is 0 Å². The molecule has 162 valence electrons. The van der Waals surface area contributed by atoms with Crippen LogP contribution in [0.1, 0.15) is 6.42 Å². The van der Waals surface area contributed by atoms with Gasteiger partial charge in [-0.2, -0.15) is 0 Å². The van der Waals surface area contributed by atoms with Crippen LogP contribution in [0.15, 0.2) is 29.3 Å². The zero-order chi connectivity index (χ0) is 21.8. The highest BCUT2D eigenvalue weighted by atomic mass is 35.5. The summed E-state index contributed by atoms with van der Waals surface area (Å²) < 4.78 is 7.21. The van der Waals surface area contributed by atoms with Gasteiger partial charge in [0.25, 0.3) is 5.91 Å². The van der Waals surface area contributed by atoms with Crippen molar-refractivity contribution in [3.05, 3.63) is 29.3 Å². The quantitative estimate of drug-likeness (QED) is 0.380. The Labute approximate surface area is 179 Å². The van der Waals surface area contributed by atoms with Gasteiger partial charge in [0, 0.05) is 32.1 Å². The first-order valence-electron chi connectivity index (χ1n) is 9.52. The number of aliphatic hydroxyl groups excluding tert-OH is 2. The Morgan fingerprint density at radius 1 is 1.27 bits per heavy atom. The van der Waals surface area contributed by atoms with Gasteiger partial charge in [-0.15, -0.1) is 0 Å². The Bertz CT molecular complexity index is 873. The second-order valence-corrected chi connectivity index (χ2v) is 7.45. The van der Waals surface area contributed by atoms with Crippen molar-refractivity contribution in [3.63, 3.8) is 0 Å². The third-order valence-corrected chi connectivity index (χ3v) is 5.06. The summed E-state index contributed by atoms with van der Waals surface area (Å²) in [6.07, 6.45) is -0.455. The van der Waals surface area contributed by atoms with E-state index in [4.69, 9.17) is 21.4 Å². The third kappa shape index (κ3) is 4.55. The highest BCUT2D eigenvalue weighted by molar-refractivity contribution is 6.30. The molecule has 11 heteroatoms. The molecule has 2 heterocycles. The van der Waals surface area contributed by atoms with Crippen molar-refractivity contribution in [3.8, 4) is 5.75 Å². The number of rotatable bonds is 8. The van der Waals surface area contributed by atoms with Crippen molar-refractivity contribution >= 4 is 35.3 Å². The van der Waals surface area contributed by atoms with Crippen LogP contribution in [-0.4, -0.2) is 101 Å². The third-order valence-electron chi connectivity index (χ3n) is 4.81. The van der Waals surface area contributed by atoms with Crippen molar-refractivity contribution in [2.75, 3.05) is 40.4 Å². The number of amidine groups is 1. The molecule has 2 aliphatic heterocycles. The summed E-state index contributed by atoms with van der Waals surface area (Å²) in [5, 5.41) is 23.2. The number of carbonyl (C=O) groups excluding carboxylic acids is 2. The second-order valence-electron chi connectivity index (χ2n) is 7.01. The lowest BCUT2D eigenvalue weighted by Crippen LogP contribution is -2.62. The summed E-state index contributed by atoms with van der Waals surface area (Å²) >= 11 is 5.85. The van der Waals surface area contributed by atoms with E-state index < -0.39 is 24.1 Å². The van der Waals surface area contributed by atoms with Crippen LogP contribution >= 0.6 is 11.6 Å². The van der Waals surface area contributed by atoms with Gasteiger partial charge in [0.1, 0.15) is 18.5 Å². The molecule has 1 fully saturated rings. The Balaban J connectivity index is 1.76. The van der Waals surface area contributed by atoms with E-state index >= 15 is 0 Å². The first kappa shape index (κ1) is 22.0. The molecule has 0 radical (unpaired) electrons. The minimum atomic E-state index is -0.939. The fourth-order valence-corrected chi connectivity index (χ4v) is 3.34. The zero-order valence-corrected chi connectivity index (χ0v) is 17.5. The summed E-state index contributed by atoms with van der Waals surface area (Å²) in [4.78, 5) is 31.8.